The molecule has 2 amide bonds. The Kier molecular flexibility index (Phi) is 3.17. The number of aryl methyl sites for hydroxylation is 1. The van der Waals surface area contributed by atoms with Gasteiger partial charge in [-0.1, -0.05) is 54.1 Å². The number of anilines is 1. The number of benzene rings is 4. The van der Waals surface area contributed by atoms with Crippen LogP contribution in [0.2, 0.25) is 0 Å². The number of hydrogen-bond acceptors (Lipinski definition) is 2. The molecule has 3 heterocycles. The lowest BCUT2D eigenvalue weighted by Gasteiger charge is -2.14. The zero-order valence-electron chi connectivity index (χ0n) is 17.2. The van der Waals surface area contributed by atoms with Crippen molar-refractivity contribution in [2.24, 2.45) is 0 Å². The minimum absolute atomic E-state index is 0.282. The van der Waals surface area contributed by atoms with E-state index in [0.717, 1.165) is 49.2 Å². The smallest absolute Gasteiger partial charge is 0.266 e. The van der Waals surface area contributed by atoms with Crippen molar-refractivity contribution >= 4 is 61.1 Å². The van der Waals surface area contributed by atoms with Crippen molar-refractivity contribution in [1.29, 1.82) is 0 Å². The van der Waals surface area contributed by atoms with Crippen molar-refractivity contribution in [3.8, 4) is 0 Å². The van der Waals surface area contributed by atoms with Gasteiger partial charge in [-0.2, -0.15) is 0 Å². The molecule has 0 fully saturated rings. The molecule has 2 aromatic heterocycles. The van der Waals surface area contributed by atoms with Crippen LogP contribution < -0.4 is 4.90 Å². The number of carbonyl (C=O) groups excluding carboxylic acids is 2. The van der Waals surface area contributed by atoms with Crippen molar-refractivity contribution in [1.82, 2.24) is 9.97 Å². The van der Waals surface area contributed by atoms with E-state index in [1.807, 2.05) is 79.7 Å². The summed E-state index contributed by atoms with van der Waals surface area (Å²) in [6.07, 6.45) is 0. The molecule has 6 aromatic rings. The zero-order valence-corrected chi connectivity index (χ0v) is 17.2. The molecule has 7 rings (SSSR count). The molecule has 0 saturated carbocycles. The number of para-hydroxylation sites is 2. The van der Waals surface area contributed by atoms with Crippen LogP contribution in [0.3, 0.4) is 0 Å². The third-order valence-electron chi connectivity index (χ3n) is 6.54. The molecule has 0 bridgehead atoms. The summed E-state index contributed by atoms with van der Waals surface area (Å²) in [4.78, 5) is 36.0. The molecule has 152 valence electrons. The number of hydrogen-bond donors (Lipinski definition) is 2. The third-order valence-corrected chi connectivity index (χ3v) is 6.54. The van der Waals surface area contributed by atoms with Crippen LogP contribution in [0.4, 0.5) is 5.69 Å². The Morgan fingerprint density at radius 3 is 1.59 bits per heavy atom. The first-order valence-electron chi connectivity index (χ1n) is 10.6. The summed E-state index contributed by atoms with van der Waals surface area (Å²) < 4.78 is 0. The molecule has 0 aliphatic carbocycles. The van der Waals surface area contributed by atoms with Crippen molar-refractivity contribution in [2.75, 3.05) is 4.90 Å². The quantitative estimate of drug-likeness (QED) is 0.320. The van der Waals surface area contributed by atoms with Gasteiger partial charge in [0.1, 0.15) is 0 Å². The van der Waals surface area contributed by atoms with E-state index in [-0.39, 0.29) is 11.8 Å². The van der Waals surface area contributed by atoms with Gasteiger partial charge in [-0.05, 0) is 31.2 Å². The lowest BCUT2D eigenvalue weighted by atomic mass is 9.97. The molecule has 1 aliphatic rings. The van der Waals surface area contributed by atoms with Gasteiger partial charge in [-0.15, -0.1) is 0 Å². The van der Waals surface area contributed by atoms with Crippen molar-refractivity contribution in [3.63, 3.8) is 0 Å². The summed E-state index contributed by atoms with van der Waals surface area (Å²) in [5.74, 6) is -0.563. The summed E-state index contributed by atoms with van der Waals surface area (Å²) in [5, 5.41) is 3.46. The van der Waals surface area contributed by atoms with Crippen LogP contribution in [-0.2, 0) is 0 Å². The standard InChI is InChI=1S/C27H17N3O2/c1-14-10-12-15(13-11-14)30-26(31)22-20-16-6-2-4-8-18(16)28-24(20)25-21(23(22)27(30)32)17-7-3-5-9-19(17)29-25/h2-13,28-29H,1H3. The number of rotatable bonds is 1. The monoisotopic (exact) mass is 415 g/mol. The molecule has 2 N–H and O–H groups in total. The van der Waals surface area contributed by atoms with Crippen LogP contribution in [0, 0.1) is 6.92 Å². The second-order valence-electron chi connectivity index (χ2n) is 8.37. The molecule has 0 atom stereocenters. The van der Waals surface area contributed by atoms with Gasteiger partial charge in [-0.25, -0.2) is 4.90 Å². The van der Waals surface area contributed by atoms with E-state index >= 15 is 0 Å². The highest BCUT2D eigenvalue weighted by atomic mass is 16.2. The van der Waals surface area contributed by atoms with Gasteiger partial charge in [0, 0.05) is 32.6 Å². The predicted octanol–water partition coefficient (Wildman–Crippen LogP) is 6.06. The lowest BCUT2D eigenvalue weighted by Crippen LogP contribution is -2.29. The molecule has 1 aliphatic heterocycles. The Morgan fingerprint density at radius 2 is 1.09 bits per heavy atom. The van der Waals surface area contributed by atoms with Gasteiger partial charge < -0.3 is 9.97 Å². The number of carbonyl (C=O) groups is 2. The van der Waals surface area contributed by atoms with E-state index in [2.05, 4.69) is 9.97 Å². The first kappa shape index (κ1) is 17.3. The SMILES string of the molecule is Cc1ccc(N2C(=O)c3c(c4c5ccccc5[nH]c4c4[nH]c5ccccc5c34)C2=O)cc1. The number of fused-ring (bicyclic) bond motifs is 10. The maximum absolute atomic E-state index is 13.8. The summed E-state index contributed by atoms with van der Waals surface area (Å²) in [6, 6.07) is 23.3. The normalized spacial score (nSPS) is 13.8. The minimum Gasteiger partial charge on any atom is -0.353 e. The average molecular weight is 415 g/mol. The number of imide groups is 1. The molecule has 0 unspecified atom stereocenters. The second kappa shape index (κ2) is 5.86. The van der Waals surface area contributed by atoms with Gasteiger partial charge in [0.05, 0.1) is 27.8 Å². The summed E-state index contributed by atoms with van der Waals surface area (Å²) in [7, 11) is 0. The maximum Gasteiger partial charge on any atom is 0.266 e. The molecular formula is C27H17N3O2. The molecule has 5 nitrogen and oxygen atoms in total. The van der Waals surface area contributed by atoms with Crippen LogP contribution in [0.15, 0.2) is 72.8 Å². The van der Waals surface area contributed by atoms with Crippen molar-refractivity contribution in [2.45, 2.75) is 6.92 Å². The number of H-pyrrole nitrogens is 2. The molecule has 4 aromatic carbocycles. The Bertz CT molecular complexity index is 1660. The van der Waals surface area contributed by atoms with E-state index in [0.29, 0.717) is 16.8 Å². The Morgan fingerprint density at radius 1 is 0.625 bits per heavy atom. The Balaban J connectivity index is 1.69. The molecular weight excluding hydrogens is 398 g/mol. The van der Waals surface area contributed by atoms with Crippen LogP contribution in [0.25, 0.3) is 43.6 Å². The Labute approximate surface area is 182 Å². The molecule has 0 saturated heterocycles. The fourth-order valence-corrected chi connectivity index (χ4v) is 5.10. The maximum atomic E-state index is 13.8. The number of aromatic nitrogens is 2. The number of nitrogens with zero attached hydrogens (tertiary/aromatic N) is 1. The topological polar surface area (TPSA) is 69.0 Å². The van der Waals surface area contributed by atoms with E-state index in [1.165, 1.54) is 4.90 Å². The van der Waals surface area contributed by atoms with Gasteiger partial charge in [0.15, 0.2) is 0 Å². The van der Waals surface area contributed by atoms with Gasteiger partial charge >= 0.3 is 0 Å². The second-order valence-corrected chi connectivity index (χ2v) is 8.37. The van der Waals surface area contributed by atoms with Crippen LogP contribution >= 0.6 is 0 Å². The summed E-state index contributed by atoms with van der Waals surface area (Å²) in [5.41, 5.74) is 6.17. The third kappa shape index (κ3) is 2.02. The summed E-state index contributed by atoms with van der Waals surface area (Å²) >= 11 is 0. The van der Waals surface area contributed by atoms with Gasteiger partial charge in [0.2, 0.25) is 0 Å². The van der Waals surface area contributed by atoms with Gasteiger partial charge in [0.25, 0.3) is 11.8 Å². The predicted molar refractivity (Wildman–Crippen MR) is 127 cm³/mol. The Hall–Kier alpha value is -4.38. The molecule has 0 radical (unpaired) electrons. The fourth-order valence-electron chi connectivity index (χ4n) is 5.10. The van der Waals surface area contributed by atoms with Crippen LogP contribution in [-0.4, -0.2) is 21.8 Å². The number of aromatic amines is 2. The largest absolute Gasteiger partial charge is 0.353 e. The van der Waals surface area contributed by atoms with Crippen LogP contribution in [0.5, 0.6) is 0 Å². The van der Waals surface area contributed by atoms with E-state index in [1.54, 1.807) is 0 Å². The number of amides is 2. The highest BCUT2D eigenvalue weighted by Gasteiger charge is 2.41. The van der Waals surface area contributed by atoms with E-state index in [4.69, 9.17) is 0 Å². The minimum atomic E-state index is -0.282. The molecule has 5 heteroatoms. The zero-order chi connectivity index (χ0) is 21.6. The van der Waals surface area contributed by atoms with Gasteiger partial charge in [-0.3, -0.25) is 9.59 Å². The lowest BCUT2D eigenvalue weighted by molar-refractivity contribution is 0.0927. The first-order chi connectivity index (χ1) is 15.6. The first-order valence-corrected chi connectivity index (χ1v) is 10.6. The highest BCUT2D eigenvalue weighted by Crippen LogP contribution is 2.44. The highest BCUT2D eigenvalue weighted by molar-refractivity contribution is 6.45. The van der Waals surface area contributed by atoms with Crippen LogP contribution in [0.1, 0.15) is 26.3 Å². The van der Waals surface area contributed by atoms with Crippen molar-refractivity contribution in [3.05, 3.63) is 89.5 Å². The van der Waals surface area contributed by atoms with E-state index in [9.17, 15) is 9.59 Å². The number of nitrogens with one attached hydrogen (secondary N) is 2. The van der Waals surface area contributed by atoms with E-state index < -0.39 is 0 Å². The molecule has 32 heavy (non-hydrogen) atoms. The molecule has 0 spiro atoms. The van der Waals surface area contributed by atoms with Crippen molar-refractivity contribution < 1.29 is 9.59 Å². The average Bonchev–Trinajstić information content (AvgIpc) is 3.45. The fraction of sp³-hybridized carbons (Fsp3) is 0.0370. The summed E-state index contributed by atoms with van der Waals surface area (Å²) in [6.45, 7) is 1.98.